The Hall–Kier alpha value is -1.10. The van der Waals surface area contributed by atoms with Crippen molar-refractivity contribution >= 4 is 17.3 Å². The first-order valence-electron chi connectivity index (χ1n) is 4.15. The van der Waals surface area contributed by atoms with Gasteiger partial charge in [-0.15, -0.1) is 0 Å². The van der Waals surface area contributed by atoms with Gasteiger partial charge in [0.15, 0.2) is 0 Å². The van der Waals surface area contributed by atoms with Gasteiger partial charge in [0.2, 0.25) is 5.15 Å². The van der Waals surface area contributed by atoms with Crippen molar-refractivity contribution in [2.75, 3.05) is 0 Å². The molecule has 1 heterocycles. The summed E-state index contributed by atoms with van der Waals surface area (Å²) in [5.74, 6) is 0. The summed E-state index contributed by atoms with van der Waals surface area (Å²) in [6.45, 7) is 7.37. The summed E-state index contributed by atoms with van der Waals surface area (Å²) in [4.78, 5) is 10.1. The van der Waals surface area contributed by atoms with E-state index in [4.69, 9.17) is 11.6 Å². The lowest BCUT2D eigenvalue weighted by atomic mass is 10.1. The van der Waals surface area contributed by atoms with Crippen LogP contribution in [0, 0.1) is 17.0 Å². The lowest BCUT2D eigenvalue weighted by molar-refractivity contribution is -0.385. The van der Waals surface area contributed by atoms with Crippen molar-refractivity contribution in [3.63, 3.8) is 0 Å². The zero-order valence-electron chi connectivity index (χ0n) is 8.54. The van der Waals surface area contributed by atoms with Crippen LogP contribution in [0.15, 0.2) is 0 Å². The van der Waals surface area contributed by atoms with Crippen LogP contribution in [0.5, 0.6) is 0 Å². The van der Waals surface area contributed by atoms with Crippen LogP contribution >= 0.6 is 11.6 Å². The second kappa shape index (κ2) is 3.24. The third-order valence-corrected chi connectivity index (χ3v) is 2.12. The molecule has 0 aliphatic rings. The molecule has 0 bridgehead atoms. The Balaban J connectivity index is 3.39. The molecule has 1 aromatic heterocycles. The average Bonchev–Trinajstić information content (AvgIpc) is 2.24. The van der Waals surface area contributed by atoms with Crippen LogP contribution in [0.3, 0.4) is 0 Å². The molecule has 0 amide bonds. The predicted molar refractivity (Wildman–Crippen MR) is 53.6 cm³/mol. The van der Waals surface area contributed by atoms with Gasteiger partial charge < -0.3 is 0 Å². The highest BCUT2D eigenvalue weighted by Gasteiger charge is 2.28. The van der Waals surface area contributed by atoms with Crippen LogP contribution in [0.4, 0.5) is 5.69 Å². The lowest BCUT2D eigenvalue weighted by Gasteiger charge is -2.20. The molecule has 6 heteroatoms. The van der Waals surface area contributed by atoms with Crippen molar-refractivity contribution in [1.29, 1.82) is 0 Å². The van der Waals surface area contributed by atoms with Gasteiger partial charge in [0.05, 0.1) is 10.5 Å². The number of rotatable bonds is 1. The van der Waals surface area contributed by atoms with Crippen molar-refractivity contribution in [2.45, 2.75) is 33.2 Å². The van der Waals surface area contributed by atoms with Crippen LogP contribution < -0.4 is 0 Å². The highest BCUT2D eigenvalue weighted by Crippen LogP contribution is 2.30. The fourth-order valence-electron chi connectivity index (χ4n) is 1.32. The monoisotopic (exact) mass is 217 g/mol. The van der Waals surface area contributed by atoms with Gasteiger partial charge in [0.25, 0.3) is 0 Å². The summed E-state index contributed by atoms with van der Waals surface area (Å²) in [5.41, 5.74) is 0.0659. The maximum atomic E-state index is 10.7. The van der Waals surface area contributed by atoms with Gasteiger partial charge >= 0.3 is 5.69 Å². The fraction of sp³-hybridized carbons (Fsp3) is 0.625. The SMILES string of the molecule is Cc1c([N+](=O)[O-])c(Cl)nn1C(C)(C)C. The Morgan fingerprint density at radius 2 is 2.00 bits per heavy atom. The molecule has 0 saturated carbocycles. The van der Waals surface area contributed by atoms with E-state index < -0.39 is 4.92 Å². The molecular weight excluding hydrogens is 206 g/mol. The summed E-state index contributed by atoms with van der Waals surface area (Å²) in [7, 11) is 0. The predicted octanol–water partition coefficient (Wildman–Crippen LogP) is 2.51. The standard InChI is InChI=1S/C8H12ClN3O2/c1-5-6(12(13)14)7(9)10-11(5)8(2,3)4/h1-4H3. The van der Waals surface area contributed by atoms with E-state index in [2.05, 4.69) is 5.10 Å². The first-order chi connectivity index (χ1) is 6.25. The first kappa shape index (κ1) is 11.0. The maximum Gasteiger partial charge on any atom is 0.328 e. The topological polar surface area (TPSA) is 61.0 Å². The molecule has 0 N–H and O–H groups in total. The number of hydrogen-bond donors (Lipinski definition) is 0. The second-order valence-corrected chi connectivity index (χ2v) is 4.42. The number of nitro groups is 1. The van der Waals surface area contributed by atoms with Gasteiger partial charge in [0, 0.05) is 0 Å². The van der Waals surface area contributed by atoms with Gasteiger partial charge in [0.1, 0.15) is 5.69 Å². The van der Waals surface area contributed by atoms with E-state index in [1.165, 1.54) is 0 Å². The van der Waals surface area contributed by atoms with Crippen LogP contribution in [0.1, 0.15) is 26.5 Å². The van der Waals surface area contributed by atoms with Gasteiger partial charge in [-0.1, -0.05) is 11.6 Å². The minimum absolute atomic E-state index is 0.0533. The quantitative estimate of drug-likeness (QED) is 0.536. The van der Waals surface area contributed by atoms with Crippen molar-refractivity contribution < 1.29 is 4.92 Å². The van der Waals surface area contributed by atoms with Gasteiger partial charge in [-0.05, 0) is 27.7 Å². The van der Waals surface area contributed by atoms with Gasteiger partial charge in [-0.3, -0.25) is 14.8 Å². The van der Waals surface area contributed by atoms with Crippen LogP contribution in [-0.4, -0.2) is 14.7 Å². The van der Waals surface area contributed by atoms with E-state index in [9.17, 15) is 10.1 Å². The number of halogens is 1. The van der Waals surface area contributed by atoms with Gasteiger partial charge in [-0.25, -0.2) is 0 Å². The lowest BCUT2D eigenvalue weighted by Crippen LogP contribution is -2.24. The summed E-state index contributed by atoms with van der Waals surface area (Å²) in [6.07, 6.45) is 0. The minimum atomic E-state index is -0.507. The molecular formula is C8H12ClN3O2. The Labute approximate surface area is 86.8 Å². The molecule has 5 nitrogen and oxygen atoms in total. The molecule has 0 aromatic carbocycles. The normalized spacial score (nSPS) is 11.8. The van der Waals surface area contributed by atoms with E-state index in [1.54, 1.807) is 11.6 Å². The Morgan fingerprint density at radius 3 is 2.21 bits per heavy atom. The fourth-order valence-corrected chi connectivity index (χ4v) is 1.60. The van der Waals surface area contributed by atoms with E-state index in [0.717, 1.165) is 0 Å². The summed E-state index contributed by atoms with van der Waals surface area (Å²) >= 11 is 5.68. The minimum Gasteiger partial charge on any atom is -0.258 e. The molecule has 78 valence electrons. The first-order valence-corrected chi connectivity index (χ1v) is 4.53. The second-order valence-electron chi connectivity index (χ2n) is 4.06. The third kappa shape index (κ3) is 1.72. The van der Waals surface area contributed by atoms with Crippen LogP contribution in [0.2, 0.25) is 5.15 Å². The van der Waals surface area contributed by atoms with E-state index in [1.807, 2.05) is 20.8 Å². The Bertz CT molecular complexity index is 379. The summed E-state index contributed by atoms with van der Waals surface area (Å²) in [5, 5.41) is 14.5. The molecule has 0 spiro atoms. The molecule has 0 saturated heterocycles. The van der Waals surface area contributed by atoms with Crippen molar-refractivity contribution in [3.8, 4) is 0 Å². The van der Waals surface area contributed by atoms with Crippen molar-refractivity contribution in [1.82, 2.24) is 9.78 Å². The van der Waals surface area contributed by atoms with Crippen molar-refractivity contribution in [3.05, 3.63) is 21.0 Å². The zero-order chi connectivity index (χ0) is 11.1. The molecule has 0 fully saturated rings. The van der Waals surface area contributed by atoms with Crippen LogP contribution in [0.25, 0.3) is 0 Å². The largest absolute Gasteiger partial charge is 0.328 e. The molecule has 0 atom stereocenters. The number of nitrogens with zero attached hydrogens (tertiary/aromatic N) is 3. The maximum absolute atomic E-state index is 10.7. The van der Waals surface area contributed by atoms with Gasteiger partial charge in [-0.2, -0.15) is 5.10 Å². The van der Waals surface area contributed by atoms with E-state index in [-0.39, 0.29) is 16.4 Å². The molecule has 1 aromatic rings. The highest BCUT2D eigenvalue weighted by atomic mass is 35.5. The zero-order valence-corrected chi connectivity index (χ0v) is 9.29. The van der Waals surface area contributed by atoms with Crippen molar-refractivity contribution in [2.24, 2.45) is 0 Å². The van der Waals surface area contributed by atoms with Crippen LogP contribution in [-0.2, 0) is 5.54 Å². The molecule has 0 unspecified atom stereocenters. The molecule has 14 heavy (non-hydrogen) atoms. The molecule has 0 aliphatic carbocycles. The average molecular weight is 218 g/mol. The highest BCUT2D eigenvalue weighted by molar-refractivity contribution is 6.31. The Morgan fingerprint density at radius 1 is 1.50 bits per heavy atom. The smallest absolute Gasteiger partial charge is 0.258 e. The summed E-state index contributed by atoms with van der Waals surface area (Å²) < 4.78 is 1.56. The molecule has 1 rings (SSSR count). The Kier molecular flexibility index (Phi) is 2.54. The van der Waals surface area contributed by atoms with E-state index >= 15 is 0 Å². The molecule has 0 aliphatic heterocycles. The number of hydrogen-bond acceptors (Lipinski definition) is 3. The summed E-state index contributed by atoms with van der Waals surface area (Å²) in [6, 6.07) is 0. The number of aromatic nitrogens is 2. The third-order valence-electron chi connectivity index (χ3n) is 1.86. The molecule has 0 radical (unpaired) electrons. The van der Waals surface area contributed by atoms with E-state index in [0.29, 0.717) is 5.69 Å².